The summed E-state index contributed by atoms with van der Waals surface area (Å²) < 4.78 is 0. The molecule has 0 spiro atoms. The van der Waals surface area contributed by atoms with Crippen LogP contribution in [0.5, 0.6) is 11.5 Å². The number of hydrogen-bond donors (Lipinski definition) is 8. The maximum absolute atomic E-state index is 14.6. The predicted octanol–water partition coefficient (Wildman–Crippen LogP) is 4.49. The Kier molecular flexibility index (Phi) is 15.7. The molecule has 4 bridgehead atoms. The quantitative estimate of drug-likeness (QED) is 0.0684. The van der Waals surface area contributed by atoms with Crippen LogP contribution in [0.2, 0.25) is 5.02 Å². The largest absolute Gasteiger partial charge is 0.507 e. The first-order valence-electron chi connectivity index (χ1n) is 21.3. The summed E-state index contributed by atoms with van der Waals surface area (Å²) in [5, 5.41) is 40.6. The third-order valence-electron chi connectivity index (χ3n) is 11.4. The van der Waals surface area contributed by atoms with Crippen LogP contribution in [0.3, 0.4) is 0 Å². The van der Waals surface area contributed by atoms with Gasteiger partial charge in [0.2, 0.25) is 23.6 Å². The molecule has 9 N–H and O–H groups in total. The number of fused-ring (bicyclic) bond motifs is 5. The number of carbonyl (C=O) groups is 6. The number of nitrogens with two attached hydrogens (primary N) is 1. The minimum absolute atomic E-state index is 0.0935. The summed E-state index contributed by atoms with van der Waals surface area (Å²) in [7, 11) is 1.39. The van der Waals surface area contributed by atoms with E-state index in [0.29, 0.717) is 47.7 Å². The van der Waals surface area contributed by atoms with Crippen molar-refractivity contribution in [1.29, 1.82) is 0 Å². The van der Waals surface area contributed by atoms with Gasteiger partial charge in [-0.05, 0) is 123 Å². The first-order valence-corrected chi connectivity index (χ1v) is 21.7. The number of carbonyl (C=O) groups excluding carboxylic acids is 6. The van der Waals surface area contributed by atoms with Crippen LogP contribution in [0.15, 0.2) is 97.2 Å². The first-order chi connectivity index (χ1) is 31.1. The Balaban J connectivity index is 1.28. The molecule has 0 radical (unpaired) electrons. The zero-order chi connectivity index (χ0) is 46.8. The molecule has 17 heteroatoms. The van der Waals surface area contributed by atoms with E-state index in [1.165, 1.54) is 38.2 Å². The average Bonchev–Trinajstić information content (AvgIpc) is 3.82. The van der Waals surface area contributed by atoms with Crippen molar-refractivity contribution in [1.82, 2.24) is 36.4 Å². The number of phenolic OH excluding ortho intramolecular Hbond substituents is 2. The number of H-pyrrole nitrogens is 1. The van der Waals surface area contributed by atoms with Gasteiger partial charge in [0, 0.05) is 47.8 Å². The van der Waals surface area contributed by atoms with Gasteiger partial charge in [0.1, 0.15) is 35.7 Å². The number of Topliss-reactive ketones (excluding diaryl/α,β-unsaturated/α-hetero) is 1. The van der Waals surface area contributed by atoms with E-state index in [-0.39, 0.29) is 53.2 Å². The van der Waals surface area contributed by atoms with Gasteiger partial charge < -0.3 is 42.1 Å². The molecule has 1 aliphatic rings. The van der Waals surface area contributed by atoms with Crippen molar-refractivity contribution in [3.05, 3.63) is 125 Å². The molecule has 0 unspecified atom stereocenters. The van der Waals surface area contributed by atoms with Crippen molar-refractivity contribution in [3.8, 4) is 33.8 Å². The molecule has 2 heterocycles. The van der Waals surface area contributed by atoms with Gasteiger partial charge >= 0.3 is 0 Å². The van der Waals surface area contributed by atoms with Crippen LogP contribution >= 0.6 is 11.6 Å². The number of rotatable bonds is 15. The third kappa shape index (κ3) is 12.0. The van der Waals surface area contributed by atoms with Crippen molar-refractivity contribution >= 4 is 46.9 Å². The molecule has 5 atom stereocenters. The Morgan fingerprint density at radius 2 is 1.52 bits per heavy atom. The van der Waals surface area contributed by atoms with Crippen LogP contribution in [0, 0.1) is 0 Å². The number of likely N-dealkylation sites (N-methyl/N-ethyl adjacent to an activating group) is 1. The number of benzene rings is 4. The highest BCUT2D eigenvalue weighted by Gasteiger charge is 2.36. The van der Waals surface area contributed by atoms with Gasteiger partial charge in [-0.2, -0.15) is 5.10 Å². The number of unbranched alkanes of at least 4 members (excludes halogenated alkanes) is 1. The number of nitrogens with zero attached hydrogens (tertiary/aromatic N) is 2. The van der Waals surface area contributed by atoms with E-state index in [2.05, 4.69) is 31.5 Å². The number of amides is 5. The summed E-state index contributed by atoms with van der Waals surface area (Å²) in [6.45, 7) is 3.31. The topological polar surface area (TPSA) is 249 Å². The van der Waals surface area contributed by atoms with Crippen molar-refractivity contribution in [3.63, 3.8) is 0 Å². The highest BCUT2D eigenvalue weighted by Crippen LogP contribution is 2.39. The monoisotopic (exact) mass is 904 g/mol. The molecule has 6 rings (SSSR count). The maximum atomic E-state index is 14.6. The van der Waals surface area contributed by atoms with Gasteiger partial charge in [0.25, 0.3) is 5.91 Å². The fourth-order valence-electron chi connectivity index (χ4n) is 7.63. The Labute approximate surface area is 381 Å². The Morgan fingerprint density at radius 1 is 0.862 bits per heavy atom. The second kappa shape index (κ2) is 21.6. The number of ketones is 1. The molecule has 340 valence electrons. The van der Waals surface area contributed by atoms with E-state index < -0.39 is 59.7 Å². The van der Waals surface area contributed by atoms with Crippen molar-refractivity contribution in [2.24, 2.45) is 5.73 Å². The predicted molar refractivity (Wildman–Crippen MR) is 245 cm³/mol. The van der Waals surface area contributed by atoms with Gasteiger partial charge in [-0.1, -0.05) is 48.0 Å². The highest BCUT2D eigenvalue weighted by molar-refractivity contribution is 6.30. The number of hydrogen-bond acceptors (Lipinski definition) is 10. The van der Waals surface area contributed by atoms with Gasteiger partial charge in [0.15, 0.2) is 5.78 Å². The molecular formula is C48H53ClN8O8. The number of halogens is 1. The lowest BCUT2D eigenvalue weighted by molar-refractivity contribution is -0.141. The Hall–Kier alpha value is -7.04. The first kappa shape index (κ1) is 47.4. The van der Waals surface area contributed by atoms with Crippen LogP contribution in [-0.4, -0.2) is 98.4 Å². The van der Waals surface area contributed by atoms with Crippen molar-refractivity contribution in [2.75, 3.05) is 13.6 Å². The van der Waals surface area contributed by atoms with E-state index in [0.717, 1.165) is 16.0 Å². The van der Waals surface area contributed by atoms with E-state index in [4.69, 9.17) is 17.3 Å². The fourth-order valence-corrected chi connectivity index (χ4v) is 7.76. The van der Waals surface area contributed by atoms with Crippen LogP contribution in [0.1, 0.15) is 72.8 Å². The smallest absolute Gasteiger partial charge is 0.251 e. The maximum Gasteiger partial charge on any atom is 0.251 e. The van der Waals surface area contributed by atoms with E-state index in [1.54, 1.807) is 67.7 Å². The lowest BCUT2D eigenvalue weighted by Crippen LogP contribution is -2.56. The van der Waals surface area contributed by atoms with Gasteiger partial charge in [0.05, 0.1) is 11.7 Å². The van der Waals surface area contributed by atoms with Crippen LogP contribution in [0.4, 0.5) is 0 Å². The zero-order valence-electron chi connectivity index (χ0n) is 36.3. The summed E-state index contributed by atoms with van der Waals surface area (Å²) in [5.41, 5.74) is 9.46. The van der Waals surface area contributed by atoms with Crippen LogP contribution < -0.4 is 27.0 Å². The number of phenols is 2. The number of aromatic hydroxyl groups is 2. The number of aromatic amines is 1. The number of nitrogens with one attached hydrogen (secondary N) is 5. The minimum atomic E-state index is -1.44. The second-order valence-electron chi connectivity index (χ2n) is 16.1. The second-order valence-corrected chi connectivity index (χ2v) is 16.6. The van der Waals surface area contributed by atoms with Crippen molar-refractivity contribution in [2.45, 2.75) is 82.6 Å². The summed E-state index contributed by atoms with van der Waals surface area (Å²) in [6.07, 6.45) is 3.22. The minimum Gasteiger partial charge on any atom is -0.507 e. The molecule has 5 aromatic rings. The number of aromatic nitrogens is 2. The molecule has 65 heavy (non-hydrogen) atoms. The summed E-state index contributed by atoms with van der Waals surface area (Å²) in [6, 6.07) is 18.6. The molecule has 0 fully saturated rings. The number of aryl methyl sites for hydroxylation is 1. The normalized spacial score (nSPS) is 17.1. The van der Waals surface area contributed by atoms with Crippen LogP contribution in [0.25, 0.3) is 22.3 Å². The molecule has 1 aliphatic heterocycles. The SMILES string of the molecule is C[C@H](NC(=O)[C@@H]1Cc2ccc(O)c(c2)-c2cc(ccc2O)[C@H](N(C)C(=O)[C@H](CCCCN)NC(=O)c2ccc(-c3ccc(Cl)cc3)cc2)C(=O)N[C@@H](C)C(=O)N1)C(=O)CCc1cc[nH]n1. The van der Waals surface area contributed by atoms with E-state index in [1.807, 2.05) is 12.1 Å². The third-order valence-corrected chi connectivity index (χ3v) is 11.7. The van der Waals surface area contributed by atoms with Gasteiger partial charge in [-0.3, -0.25) is 33.9 Å². The Morgan fingerprint density at radius 3 is 2.18 bits per heavy atom. The zero-order valence-corrected chi connectivity index (χ0v) is 37.0. The van der Waals surface area contributed by atoms with E-state index >= 15 is 0 Å². The average molecular weight is 905 g/mol. The van der Waals surface area contributed by atoms with Gasteiger partial charge in [-0.15, -0.1) is 0 Å². The summed E-state index contributed by atoms with van der Waals surface area (Å²) >= 11 is 6.05. The highest BCUT2D eigenvalue weighted by atomic mass is 35.5. The molecule has 0 saturated carbocycles. The Bertz CT molecular complexity index is 2520. The van der Waals surface area contributed by atoms with Crippen molar-refractivity contribution < 1.29 is 39.0 Å². The lowest BCUT2D eigenvalue weighted by atomic mass is 9.93. The summed E-state index contributed by atoms with van der Waals surface area (Å²) in [5.74, 6) is -4.11. The molecule has 16 nitrogen and oxygen atoms in total. The van der Waals surface area contributed by atoms with E-state index in [9.17, 15) is 39.0 Å². The summed E-state index contributed by atoms with van der Waals surface area (Å²) in [4.78, 5) is 84.6. The molecule has 0 saturated heterocycles. The molecular weight excluding hydrogens is 852 g/mol. The lowest BCUT2D eigenvalue weighted by Gasteiger charge is -2.32. The molecule has 1 aromatic heterocycles. The van der Waals surface area contributed by atoms with Crippen LogP contribution in [-0.2, 0) is 36.8 Å². The molecule has 4 aromatic carbocycles. The fraction of sp³-hybridized carbons (Fsp3) is 0.312. The van der Waals surface area contributed by atoms with Gasteiger partial charge in [-0.25, -0.2) is 0 Å². The molecule has 5 amide bonds. The standard InChI is InChI=1S/C48H53ClN8O8/c1-27(40(58)20-17-35-21-23-51-56-35)52-46(63)39-25-29-7-18-41(59)36(24-29)37-26-33(14-19-42(37)60)43(47(64)53-28(2)44(61)55-39)57(3)48(65)38(6-4-5-22-50)54-45(62)32-10-8-30(9-11-32)31-12-15-34(49)16-13-31/h7-16,18-19,21,23-24,26-28,38-39,43,59-60H,4-6,17,20,22,25,50H2,1-3H3,(H,51,56)(H,52,63)(H,53,64)(H,54,62)(H,55,61)/t27-,28-,38-,39-,43-/m0/s1. The molecule has 0 aliphatic carbocycles.